The van der Waals surface area contributed by atoms with Gasteiger partial charge in [-0.1, -0.05) is 35.9 Å². The number of carbonyl (C=O) groups is 2. The topological polar surface area (TPSA) is 61.4 Å². The van der Waals surface area contributed by atoms with Gasteiger partial charge in [-0.2, -0.15) is 0 Å². The minimum atomic E-state index is -0.0978. The Morgan fingerprint density at radius 2 is 1.85 bits per heavy atom. The molecule has 0 aliphatic heterocycles. The van der Waals surface area contributed by atoms with Crippen molar-refractivity contribution < 1.29 is 9.59 Å². The quantitative estimate of drug-likeness (QED) is 0.806. The van der Waals surface area contributed by atoms with E-state index in [0.29, 0.717) is 23.8 Å². The summed E-state index contributed by atoms with van der Waals surface area (Å²) in [7, 11) is 1.92. The van der Waals surface area contributed by atoms with Gasteiger partial charge in [-0.3, -0.25) is 14.5 Å². The summed E-state index contributed by atoms with van der Waals surface area (Å²) in [6, 6.07) is 15.7. The third kappa shape index (κ3) is 5.43. The minimum absolute atomic E-state index is 0.0833. The van der Waals surface area contributed by atoms with E-state index in [2.05, 4.69) is 41.8 Å². The normalized spacial score (nSPS) is 13.5. The predicted octanol–water partition coefficient (Wildman–Crippen LogP) is 2.96. The number of carbonyl (C=O) groups excluding carboxylic acids is 2. The lowest BCUT2D eigenvalue weighted by molar-refractivity contribution is -0.117. The zero-order chi connectivity index (χ0) is 18.5. The fraction of sp³-hybridized carbons (Fsp3) is 0.333. The van der Waals surface area contributed by atoms with E-state index < -0.39 is 0 Å². The first-order chi connectivity index (χ1) is 12.5. The van der Waals surface area contributed by atoms with Gasteiger partial charge in [0.05, 0.1) is 6.54 Å². The van der Waals surface area contributed by atoms with E-state index in [0.717, 1.165) is 12.8 Å². The van der Waals surface area contributed by atoms with Gasteiger partial charge in [0.25, 0.3) is 5.91 Å². The number of hydrogen-bond donors (Lipinski definition) is 2. The van der Waals surface area contributed by atoms with Crippen LogP contribution in [0.2, 0.25) is 0 Å². The Hall–Kier alpha value is -2.66. The van der Waals surface area contributed by atoms with Crippen molar-refractivity contribution in [3.63, 3.8) is 0 Å². The highest BCUT2D eigenvalue weighted by atomic mass is 16.2. The molecule has 0 saturated heterocycles. The van der Waals surface area contributed by atoms with Gasteiger partial charge in [0.1, 0.15) is 0 Å². The molecule has 0 atom stereocenters. The third-order valence-corrected chi connectivity index (χ3v) is 4.31. The SMILES string of the molecule is Cc1ccc(CN(C)CC(=O)Nc2cccc(C(=O)NC3CC3)c2)cc1. The van der Waals surface area contributed by atoms with Crippen LogP contribution < -0.4 is 10.6 Å². The molecule has 1 aliphatic carbocycles. The standard InChI is InChI=1S/C21H25N3O2/c1-15-6-8-16(9-7-15)13-24(2)14-20(25)22-19-5-3-4-17(12-19)21(26)23-18-10-11-18/h3-9,12,18H,10-11,13-14H2,1-2H3,(H,22,25)(H,23,26). The first-order valence-corrected chi connectivity index (χ1v) is 8.94. The summed E-state index contributed by atoms with van der Waals surface area (Å²) in [4.78, 5) is 26.4. The van der Waals surface area contributed by atoms with Crippen molar-refractivity contribution in [1.29, 1.82) is 0 Å². The van der Waals surface area contributed by atoms with Gasteiger partial charge in [-0.15, -0.1) is 0 Å². The molecule has 26 heavy (non-hydrogen) atoms. The lowest BCUT2D eigenvalue weighted by atomic mass is 10.1. The molecule has 2 aromatic carbocycles. The van der Waals surface area contributed by atoms with E-state index in [1.165, 1.54) is 11.1 Å². The van der Waals surface area contributed by atoms with Crippen molar-refractivity contribution in [2.24, 2.45) is 0 Å². The molecule has 0 aromatic heterocycles. The Morgan fingerprint density at radius 3 is 2.54 bits per heavy atom. The van der Waals surface area contributed by atoms with Crippen LogP contribution in [0.3, 0.4) is 0 Å². The maximum absolute atomic E-state index is 12.3. The second-order valence-electron chi connectivity index (χ2n) is 7.03. The molecule has 0 heterocycles. The van der Waals surface area contributed by atoms with Crippen LogP contribution in [0.4, 0.5) is 5.69 Å². The molecule has 1 aliphatic rings. The number of rotatable bonds is 7. The van der Waals surface area contributed by atoms with Crippen molar-refractivity contribution in [1.82, 2.24) is 10.2 Å². The van der Waals surface area contributed by atoms with Crippen LogP contribution in [0.1, 0.15) is 34.3 Å². The first kappa shape index (κ1) is 18.1. The summed E-state index contributed by atoms with van der Waals surface area (Å²) in [5.74, 6) is -0.181. The highest BCUT2D eigenvalue weighted by molar-refractivity contribution is 5.97. The van der Waals surface area contributed by atoms with Crippen molar-refractivity contribution in [3.05, 3.63) is 65.2 Å². The fourth-order valence-corrected chi connectivity index (χ4v) is 2.74. The first-order valence-electron chi connectivity index (χ1n) is 8.94. The largest absolute Gasteiger partial charge is 0.349 e. The lowest BCUT2D eigenvalue weighted by Gasteiger charge is -2.16. The van der Waals surface area contributed by atoms with Gasteiger partial charge < -0.3 is 10.6 Å². The second kappa shape index (κ2) is 8.15. The van der Waals surface area contributed by atoms with Crippen LogP contribution in [0.15, 0.2) is 48.5 Å². The molecule has 1 fully saturated rings. The maximum Gasteiger partial charge on any atom is 0.251 e. The molecule has 0 bridgehead atoms. The summed E-state index contributed by atoms with van der Waals surface area (Å²) < 4.78 is 0. The number of nitrogens with zero attached hydrogens (tertiary/aromatic N) is 1. The Kier molecular flexibility index (Phi) is 5.68. The van der Waals surface area contributed by atoms with Gasteiger partial charge in [0.2, 0.25) is 5.91 Å². The van der Waals surface area contributed by atoms with Crippen LogP contribution in [-0.2, 0) is 11.3 Å². The minimum Gasteiger partial charge on any atom is -0.349 e. The summed E-state index contributed by atoms with van der Waals surface area (Å²) in [5, 5.41) is 5.83. The zero-order valence-electron chi connectivity index (χ0n) is 15.3. The molecule has 2 N–H and O–H groups in total. The van der Waals surface area contributed by atoms with Crippen molar-refractivity contribution in [2.75, 3.05) is 18.9 Å². The Balaban J connectivity index is 1.52. The average Bonchev–Trinajstić information content (AvgIpc) is 3.41. The van der Waals surface area contributed by atoms with Crippen LogP contribution in [0, 0.1) is 6.92 Å². The highest BCUT2D eigenvalue weighted by Crippen LogP contribution is 2.20. The third-order valence-electron chi connectivity index (χ3n) is 4.31. The molecular weight excluding hydrogens is 326 g/mol. The number of aryl methyl sites for hydroxylation is 1. The van der Waals surface area contributed by atoms with Gasteiger partial charge in [-0.25, -0.2) is 0 Å². The maximum atomic E-state index is 12.3. The molecule has 1 saturated carbocycles. The van der Waals surface area contributed by atoms with E-state index in [1.54, 1.807) is 24.3 Å². The predicted molar refractivity (Wildman–Crippen MR) is 103 cm³/mol. The molecule has 5 heteroatoms. The summed E-state index contributed by atoms with van der Waals surface area (Å²) in [6.07, 6.45) is 2.10. The summed E-state index contributed by atoms with van der Waals surface area (Å²) in [6.45, 7) is 3.05. The zero-order valence-corrected chi connectivity index (χ0v) is 15.3. The van der Waals surface area contributed by atoms with E-state index in [4.69, 9.17) is 0 Å². The molecule has 2 amide bonds. The van der Waals surface area contributed by atoms with E-state index in [1.807, 2.05) is 11.9 Å². The molecule has 0 radical (unpaired) electrons. The monoisotopic (exact) mass is 351 g/mol. The molecule has 5 nitrogen and oxygen atoms in total. The molecule has 3 rings (SSSR count). The smallest absolute Gasteiger partial charge is 0.251 e. The number of hydrogen-bond acceptors (Lipinski definition) is 3. The second-order valence-corrected chi connectivity index (χ2v) is 7.03. The van der Waals surface area contributed by atoms with Crippen LogP contribution >= 0.6 is 0 Å². The molecular formula is C21H25N3O2. The van der Waals surface area contributed by atoms with Crippen LogP contribution in [0.5, 0.6) is 0 Å². The van der Waals surface area contributed by atoms with E-state index in [9.17, 15) is 9.59 Å². The van der Waals surface area contributed by atoms with Crippen molar-refractivity contribution in [3.8, 4) is 0 Å². The highest BCUT2D eigenvalue weighted by Gasteiger charge is 2.23. The fourth-order valence-electron chi connectivity index (χ4n) is 2.74. The van der Waals surface area contributed by atoms with Crippen LogP contribution in [-0.4, -0.2) is 36.3 Å². The molecule has 0 unspecified atom stereocenters. The number of likely N-dealkylation sites (N-methyl/N-ethyl adjacent to an activating group) is 1. The molecule has 136 valence electrons. The lowest BCUT2D eigenvalue weighted by Crippen LogP contribution is -2.30. The van der Waals surface area contributed by atoms with E-state index >= 15 is 0 Å². The summed E-state index contributed by atoms with van der Waals surface area (Å²) >= 11 is 0. The van der Waals surface area contributed by atoms with Gasteiger partial charge in [0.15, 0.2) is 0 Å². The Morgan fingerprint density at radius 1 is 1.12 bits per heavy atom. The number of amides is 2. The summed E-state index contributed by atoms with van der Waals surface area (Å²) in [5.41, 5.74) is 3.61. The van der Waals surface area contributed by atoms with Crippen molar-refractivity contribution >= 4 is 17.5 Å². The van der Waals surface area contributed by atoms with E-state index in [-0.39, 0.29) is 18.4 Å². The van der Waals surface area contributed by atoms with Crippen molar-refractivity contribution in [2.45, 2.75) is 32.4 Å². The van der Waals surface area contributed by atoms with Gasteiger partial charge in [-0.05, 0) is 50.6 Å². The number of nitrogens with one attached hydrogen (secondary N) is 2. The molecule has 2 aromatic rings. The number of benzene rings is 2. The molecule has 0 spiro atoms. The Bertz CT molecular complexity index is 782. The Labute approximate surface area is 154 Å². The average molecular weight is 351 g/mol. The number of anilines is 1. The van der Waals surface area contributed by atoms with Crippen LogP contribution in [0.25, 0.3) is 0 Å². The van der Waals surface area contributed by atoms with Gasteiger partial charge >= 0.3 is 0 Å². The van der Waals surface area contributed by atoms with Gasteiger partial charge in [0, 0.05) is 23.8 Å².